The molecule has 0 saturated carbocycles. The molecule has 2 amide bonds. The number of nitrogens with one attached hydrogen (secondary N) is 2. The molecule has 1 aromatic carbocycles. The largest absolute Gasteiger partial charge is 0.354 e. The number of carbonyl (C=O) groups is 2. The maximum absolute atomic E-state index is 11.6. The Labute approximate surface area is 128 Å². The summed E-state index contributed by atoms with van der Waals surface area (Å²) >= 11 is 11.2. The molecule has 1 rings (SSSR count). The molecular formula is C14H18Cl2N2O2. The minimum absolute atomic E-state index is 0.0356. The Bertz CT molecular complexity index is 435. The van der Waals surface area contributed by atoms with Gasteiger partial charge >= 0.3 is 0 Å². The van der Waals surface area contributed by atoms with E-state index in [0.717, 1.165) is 5.56 Å². The lowest BCUT2D eigenvalue weighted by molar-refractivity contribution is -0.122. The van der Waals surface area contributed by atoms with E-state index in [9.17, 15) is 9.59 Å². The van der Waals surface area contributed by atoms with Gasteiger partial charge in [-0.25, -0.2) is 0 Å². The first kappa shape index (κ1) is 16.8. The van der Waals surface area contributed by atoms with Crippen LogP contribution in [-0.2, 0) is 16.0 Å². The van der Waals surface area contributed by atoms with Gasteiger partial charge in [0.1, 0.15) is 0 Å². The van der Waals surface area contributed by atoms with E-state index in [1.54, 1.807) is 12.1 Å². The molecule has 0 aliphatic carbocycles. The van der Waals surface area contributed by atoms with Crippen LogP contribution in [0.1, 0.15) is 18.4 Å². The van der Waals surface area contributed by atoms with Gasteiger partial charge in [-0.1, -0.05) is 23.7 Å². The molecule has 0 heterocycles. The third-order valence-corrected chi connectivity index (χ3v) is 3.09. The molecule has 0 aliphatic rings. The minimum Gasteiger partial charge on any atom is -0.354 e. The van der Waals surface area contributed by atoms with Crippen LogP contribution in [0.3, 0.4) is 0 Å². The summed E-state index contributed by atoms with van der Waals surface area (Å²) in [6.45, 7) is 0.843. The maximum atomic E-state index is 11.6. The van der Waals surface area contributed by atoms with Gasteiger partial charge in [0.05, 0.1) is 0 Å². The van der Waals surface area contributed by atoms with Gasteiger partial charge in [0.25, 0.3) is 0 Å². The second-order valence-electron chi connectivity index (χ2n) is 4.27. The Morgan fingerprint density at radius 1 is 0.950 bits per heavy atom. The number of carbonyl (C=O) groups excluding carboxylic acids is 2. The van der Waals surface area contributed by atoms with Gasteiger partial charge in [-0.15, -0.1) is 11.6 Å². The molecule has 0 saturated heterocycles. The van der Waals surface area contributed by atoms with Crippen LogP contribution in [0.4, 0.5) is 0 Å². The lowest BCUT2D eigenvalue weighted by atomic mass is 10.1. The summed E-state index contributed by atoms with van der Waals surface area (Å²) in [5.41, 5.74) is 1.07. The van der Waals surface area contributed by atoms with E-state index in [0.29, 0.717) is 43.3 Å². The molecule has 110 valence electrons. The van der Waals surface area contributed by atoms with Crippen molar-refractivity contribution >= 4 is 35.0 Å². The van der Waals surface area contributed by atoms with Crippen LogP contribution in [0.15, 0.2) is 24.3 Å². The summed E-state index contributed by atoms with van der Waals surface area (Å²) < 4.78 is 0. The number of hydrogen-bond donors (Lipinski definition) is 2. The smallest absolute Gasteiger partial charge is 0.221 e. The van der Waals surface area contributed by atoms with Crippen LogP contribution in [-0.4, -0.2) is 30.8 Å². The highest BCUT2D eigenvalue weighted by molar-refractivity contribution is 6.30. The monoisotopic (exact) mass is 316 g/mol. The van der Waals surface area contributed by atoms with Crippen LogP contribution >= 0.6 is 23.2 Å². The van der Waals surface area contributed by atoms with Crippen molar-refractivity contribution in [3.8, 4) is 0 Å². The summed E-state index contributed by atoms with van der Waals surface area (Å²) in [6.07, 6.45) is 1.38. The lowest BCUT2D eigenvalue weighted by Gasteiger charge is -2.06. The van der Waals surface area contributed by atoms with Crippen LogP contribution in [0.25, 0.3) is 0 Å². The van der Waals surface area contributed by atoms with Crippen molar-refractivity contribution in [3.05, 3.63) is 34.9 Å². The summed E-state index contributed by atoms with van der Waals surface area (Å²) in [5.74, 6) is 0.168. The van der Waals surface area contributed by atoms with Gasteiger partial charge in [0.2, 0.25) is 11.8 Å². The number of rotatable bonds is 8. The number of benzene rings is 1. The van der Waals surface area contributed by atoms with Gasteiger partial charge in [-0.05, 0) is 24.1 Å². The highest BCUT2D eigenvalue weighted by Gasteiger charge is 2.03. The van der Waals surface area contributed by atoms with Gasteiger partial charge < -0.3 is 10.6 Å². The number of hydrogen-bond acceptors (Lipinski definition) is 2. The molecular weight excluding hydrogens is 299 g/mol. The standard InChI is InChI=1S/C14H18Cl2N2O2/c15-8-7-14(20)18-10-9-17-13(19)6-3-11-1-4-12(16)5-2-11/h1-2,4-5H,3,6-10H2,(H,17,19)(H,18,20). The Hall–Kier alpha value is -1.26. The topological polar surface area (TPSA) is 58.2 Å². The average molecular weight is 317 g/mol. The molecule has 4 nitrogen and oxygen atoms in total. The van der Waals surface area contributed by atoms with Gasteiger partial charge in [0, 0.05) is 36.8 Å². The molecule has 0 atom stereocenters. The second-order valence-corrected chi connectivity index (χ2v) is 5.08. The highest BCUT2D eigenvalue weighted by Crippen LogP contribution is 2.10. The average Bonchev–Trinajstić information content (AvgIpc) is 2.43. The molecule has 0 aromatic heterocycles. The predicted octanol–water partition coefficient (Wildman–Crippen LogP) is 2.13. The zero-order chi connectivity index (χ0) is 14.8. The van der Waals surface area contributed by atoms with Gasteiger partial charge in [-0.3, -0.25) is 9.59 Å². The van der Waals surface area contributed by atoms with E-state index in [-0.39, 0.29) is 11.8 Å². The van der Waals surface area contributed by atoms with Crippen molar-refractivity contribution in [2.75, 3.05) is 19.0 Å². The molecule has 0 spiro atoms. The fourth-order valence-electron chi connectivity index (χ4n) is 1.58. The first-order valence-corrected chi connectivity index (χ1v) is 7.37. The third-order valence-electron chi connectivity index (χ3n) is 2.64. The van der Waals surface area contributed by atoms with Gasteiger partial charge in [0.15, 0.2) is 0 Å². The zero-order valence-corrected chi connectivity index (χ0v) is 12.6. The predicted molar refractivity (Wildman–Crippen MR) is 81.1 cm³/mol. The van der Waals surface area contributed by atoms with Crippen LogP contribution in [0.5, 0.6) is 0 Å². The summed E-state index contributed by atoms with van der Waals surface area (Å²) in [5, 5.41) is 6.10. The minimum atomic E-state index is -0.101. The molecule has 6 heteroatoms. The second kappa shape index (κ2) is 9.61. The van der Waals surface area contributed by atoms with Crippen LogP contribution in [0, 0.1) is 0 Å². The molecule has 0 bridgehead atoms. The fraction of sp³-hybridized carbons (Fsp3) is 0.429. The molecule has 1 aromatic rings. The Kier molecular flexibility index (Phi) is 8.07. The molecule has 0 aliphatic heterocycles. The number of alkyl halides is 1. The zero-order valence-electron chi connectivity index (χ0n) is 11.1. The molecule has 0 fully saturated rings. The van der Waals surface area contributed by atoms with E-state index in [1.807, 2.05) is 12.1 Å². The van der Waals surface area contributed by atoms with Crippen molar-refractivity contribution < 1.29 is 9.59 Å². The molecule has 20 heavy (non-hydrogen) atoms. The first-order valence-electron chi connectivity index (χ1n) is 6.45. The van der Waals surface area contributed by atoms with Crippen molar-refractivity contribution in [2.45, 2.75) is 19.3 Å². The lowest BCUT2D eigenvalue weighted by Crippen LogP contribution is -2.34. The van der Waals surface area contributed by atoms with E-state index in [1.165, 1.54) is 0 Å². The maximum Gasteiger partial charge on any atom is 0.221 e. The quantitative estimate of drug-likeness (QED) is 0.570. The van der Waals surface area contributed by atoms with Crippen molar-refractivity contribution in [3.63, 3.8) is 0 Å². The fourth-order valence-corrected chi connectivity index (χ4v) is 1.87. The van der Waals surface area contributed by atoms with Crippen molar-refractivity contribution in [1.82, 2.24) is 10.6 Å². The van der Waals surface area contributed by atoms with Gasteiger partial charge in [-0.2, -0.15) is 0 Å². The number of halogens is 2. The molecule has 0 radical (unpaired) electrons. The normalized spacial score (nSPS) is 10.1. The first-order chi connectivity index (χ1) is 9.61. The SMILES string of the molecule is O=C(CCCl)NCCNC(=O)CCc1ccc(Cl)cc1. The molecule has 2 N–H and O–H groups in total. The Morgan fingerprint density at radius 2 is 1.50 bits per heavy atom. The van der Waals surface area contributed by atoms with Crippen molar-refractivity contribution in [1.29, 1.82) is 0 Å². The van der Waals surface area contributed by atoms with E-state index in [4.69, 9.17) is 23.2 Å². The molecule has 0 unspecified atom stereocenters. The van der Waals surface area contributed by atoms with Crippen LogP contribution in [0.2, 0.25) is 5.02 Å². The highest BCUT2D eigenvalue weighted by atomic mass is 35.5. The van der Waals surface area contributed by atoms with E-state index in [2.05, 4.69) is 10.6 Å². The number of amides is 2. The van der Waals surface area contributed by atoms with Crippen molar-refractivity contribution in [2.24, 2.45) is 0 Å². The Morgan fingerprint density at radius 3 is 2.05 bits per heavy atom. The third kappa shape index (κ3) is 7.36. The summed E-state index contributed by atoms with van der Waals surface area (Å²) in [7, 11) is 0. The summed E-state index contributed by atoms with van der Waals surface area (Å²) in [6, 6.07) is 7.42. The van der Waals surface area contributed by atoms with E-state index >= 15 is 0 Å². The summed E-state index contributed by atoms with van der Waals surface area (Å²) in [4.78, 5) is 22.7. The Balaban J connectivity index is 2.11. The number of aryl methyl sites for hydroxylation is 1. The van der Waals surface area contributed by atoms with Crippen LogP contribution < -0.4 is 10.6 Å². The van der Waals surface area contributed by atoms with E-state index < -0.39 is 0 Å².